The van der Waals surface area contributed by atoms with Gasteiger partial charge >= 0.3 is 0 Å². The quantitative estimate of drug-likeness (QED) is 0.466. The van der Waals surface area contributed by atoms with Crippen LogP contribution < -0.4 is 0 Å². The van der Waals surface area contributed by atoms with Gasteiger partial charge in [-0.05, 0) is 68.3 Å². The number of allylic oxidation sites excluding steroid dienone is 2. The molecule has 2 rings (SSSR count). The molecule has 0 saturated heterocycles. The normalized spacial score (nSPS) is 32.5. The van der Waals surface area contributed by atoms with Gasteiger partial charge in [0, 0.05) is 0 Å². The molecule has 2 saturated carbocycles. The molecule has 2 aliphatic carbocycles. The van der Waals surface area contributed by atoms with Crippen LogP contribution in [0.4, 0.5) is 4.39 Å². The molecule has 0 atom stereocenters. The van der Waals surface area contributed by atoms with E-state index in [-0.39, 0.29) is 0 Å². The Bertz CT molecular complexity index is 393. The second-order valence-electron chi connectivity index (χ2n) is 7.95. The zero-order valence-electron chi connectivity index (χ0n) is 14.9. The highest BCUT2D eigenvalue weighted by atomic mass is 19.1. The molecule has 0 radical (unpaired) electrons. The van der Waals surface area contributed by atoms with Crippen LogP contribution in [0, 0.1) is 35.0 Å². The van der Waals surface area contributed by atoms with Crippen LogP contribution in [0.15, 0.2) is 11.9 Å². The summed E-state index contributed by atoms with van der Waals surface area (Å²) in [6.07, 6.45) is 18.8. The molecule has 1 nitrogen and oxygen atoms in total. The summed E-state index contributed by atoms with van der Waals surface area (Å²) in [6, 6.07) is 1.56. The molecule has 2 fully saturated rings. The Morgan fingerprint density at radius 2 is 1.48 bits per heavy atom. The fourth-order valence-electron chi connectivity index (χ4n) is 4.88. The average Bonchev–Trinajstić information content (AvgIpc) is 2.61. The number of nitrogens with zero attached hydrogens (tertiary/aromatic N) is 1. The minimum absolute atomic E-state index is 0.612. The third kappa shape index (κ3) is 6.28. The third-order valence-electron chi connectivity index (χ3n) is 6.42. The summed E-state index contributed by atoms with van der Waals surface area (Å²) in [7, 11) is 0. The lowest BCUT2D eigenvalue weighted by Gasteiger charge is -2.38. The summed E-state index contributed by atoms with van der Waals surface area (Å²) in [6.45, 7) is 2.30. The van der Waals surface area contributed by atoms with Crippen LogP contribution in [0.2, 0.25) is 0 Å². The van der Waals surface area contributed by atoms with Gasteiger partial charge in [0.2, 0.25) is 0 Å². The third-order valence-corrected chi connectivity index (χ3v) is 6.42. The van der Waals surface area contributed by atoms with Crippen molar-refractivity contribution in [3.8, 4) is 6.07 Å². The summed E-state index contributed by atoms with van der Waals surface area (Å²) in [5, 5.41) is 8.42. The number of rotatable bonds is 7. The maximum atomic E-state index is 12.8. The summed E-state index contributed by atoms with van der Waals surface area (Å²) >= 11 is 0. The van der Waals surface area contributed by atoms with E-state index in [1.54, 1.807) is 6.07 Å². The molecule has 130 valence electrons. The van der Waals surface area contributed by atoms with E-state index in [0.717, 1.165) is 36.5 Å². The van der Waals surface area contributed by atoms with Gasteiger partial charge in [0.05, 0.1) is 0 Å². The fourth-order valence-corrected chi connectivity index (χ4v) is 4.88. The van der Waals surface area contributed by atoms with E-state index in [9.17, 15) is 4.39 Å². The Morgan fingerprint density at radius 1 is 0.957 bits per heavy atom. The van der Waals surface area contributed by atoms with Gasteiger partial charge in [-0.1, -0.05) is 51.9 Å². The first-order valence-electron chi connectivity index (χ1n) is 9.98. The van der Waals surface area contributed by atoms with Crippen LogP contribution in [0.25, 0.3) is 0 Å². The maximum Gasteiger partial charge on any atom is 0.196 e. The Labute approximate surface area is 142 Å². The Hall–Kier alpha value is -0.840. The van der Waals surface area contributed by atoms with Gasteiger partial charge in [-0.3, -0.25) is 0 Å². The second kappa shape index (κ2) is 10.1. The monoisotopic (exact) mass is 319 g/mol. The molecule has 0 N–H and O–H groups in total. The average molecular weight is 320 g/mol. The molecule has 0 unspecified atom stereocenters. The second-order valence-corrected chi connectivity index (χ2v) is 7.95. The van der Waals surface area contributed by atoms with E-state index in [4.69, 9.17) is 5.26 Å². The standard InChI is InChI=1S/C21H34FN/c1-2-3-5-17-8-12-19(13-9-17)20-14-10-18(11-15-20)6-4-7-21(22)16-23/h7,17-20H,2-6,8-15H2,1H3/t17-,18?,19-,20?. The summed E-state index contributed by atoms with van der Waals surface area (Å²) in [4.78, 5) is 0. The maximum absolute atomic E-state index is 12.8. The molecule has 0 heterocycles. The molecule has 0 aromatic carbocycles. The SMILES string of the molecule is CCCC[C@H]1CC[C@H](C2CCC(CCC=C(F)C#N)CC2)CC1. The highest BCUT2D eigenvalue weighted by Gasteiger charge is 2.30. The van der Waals surface area contributed by atoms with Gasteiger partial charge in [0.15, 0.2) is 5.83 Å². The van der Waals surface area contributed by atoms with Crippen molar-refractivity contribution in [1.29, 1.82) is 5.26 Å². The number of nitriles is 1. The first kappa shape index (κ1) is 18.5. The molecular weight excluding hydrogens is 285 g/mol. The van der Waals surface area contributed by atoms with Gasteiger partial charge < -0.3 is 0 Å². The summed E-state index contributed by atoms with van der Waals surface area (Å²) < 4.78 is 12.8. The van der Waals surface area contributed by atoms with E-state index in [1.165, 1.54) is 76.7 Å². The Morgan fingerprint density at radius 3 is 1.96 bits per heavy atom. The van der Waals surface area contributed by atoms with Crippen LogP contribution in [-0.4, -0.2) is 0 Å². The summed E-state index contributed by atoms with van der Waals surface area (Å²) in [5.74, 6) is 3.12. The first-order chi connectivity index (χ1) is 11.2. The van der Waals surface area contributed by atoms with Crippen molar-refractivity contribution in [2.45, 2.75) is 90.4 Å². The van der Waals surface area contributed by atoms with Gasteiger partial charge in [-0.15, -0.1) is 0 Å². The van der Waals surface area contributed by atoms with Gasteiger partial charge in [-0.2, -0.15) is 9.65 Å². The van der Waals surface area contributed by atoms with E-state index >= 15 is 0 Å². The van der Waals surface area contributed by atoms with E-state index in [2.05, 4.69) is 6.92 Å². The lowest BCUT2D eigenvalue weighted by molar-refractivity contribution is 0.141. The largest absolute Gasteiger partial charge is 0.196 e. The van der Waals surface area contributed by atoms with Gasteiger partial charge in [0.25, 0.3) is 0 Å². The molecule has 2 aliphatic rings. The van der Waals surface area contributed by atoms with Crippen LogP contribution in [-0.2, 0) is 0 Å². The molecule has 23 heavy (non-hydrogen) atoms. The highest BCUT2D eigenvalue weighted by molar-refractivity contribution is 5.11. The van der Waals surface area contributed by atoms with Crippen molar-refractivity contribution in [2.75, 3.05) is 0 Å². The van der Waals surface area contributed by atoms with E-state index < -0.39 is 5.83 Å². The van der Waals surface area contributed by atoms with Crippen molar-refractivity contribution in [1.82, 2.24) is 0 Å². The lowest BCUT2D eigenvalue weighted by atomic mass is 9.68. The zero-order valence-corrected chi connectivity index (χ0v) is 14.9. The van der Waals surface area contributed by atoms with Gasteiger partial charge in [0.1, 0.15) is 6.07 Å². The first-order valence-corrected chi connectivity index (χ1v) is 9.98. The highest BCUT2D eigenvalue weighted by Crippen LogP contribution is 2.43. The van der Waals surface area contributed by atoms with Crippen LogP contribution >= 0.6 is 0 Å². The molecule has 0 aliphatic heterocycles. The van der Waals surface area contributed by atoms with Crippen LogP contribution in [0.5, 0.6) is 0 Å². The smallest absolute Gasteiger partial charge is 0.195 e. The molecular formula is C21H34FN. The van der Waals surface area contributed by atoms with Gasteiger partial charge in [-0.25, -0.2) is 0 Å². The predicted molar refractivity (Wildman–Crippen MR) is 94.5 cm³/mol. The van der Waals surface area contributed by atoms with Crippen molar-refractivity contribution < 1.29 is 4.39 Å². The van der Waals surface area contributed by atoms with E-state index in [1.807, 2.05) is 0 Å². The van der Waals surface area contributed by atoms with E-state index in [0.29, 0.717) is 0 Å². The van der Waals surface area contributed by atoms with Crippen molar-refractivity contribution in [2.24, 2.45) is 23.7 Å². The zero-order chi connectivity index (χ0) is 16.5. The molecule has 0 amide bonds. The number of hydrogen-bond acceptors (Lipinski definition) is 1. The molecule has 0 spiro atoms. The Kier molecular flexibility index (Phi) is 8.13. The van der Waals surface area contributed by atoms with Crippen LogP contribution in [0.1, 0.15) is 90.4 Å². The summed E-state index contributed by atoms with van der Waals surface area (Å²) in [5.41, 5.74) is 0. The molecule has 2 heteroatoms. The number of hydrogen-bond donors (Lipinski definition) is 0. The minimum atomic E-state index is -0.612. The molecule has 0 aromatic rings. The molecule has 0 bridgehead atoms. The lowest BCUT2D eigenvalue weighted by Crippen LogP contribution is -2.25. The van der Waals surface area contributed by atoms with Crippen molar-refractivity contribution in [3.05, 3.63) is 11.9 Å². The topological polar surface area (TPSA) is 23.8 Å². The number of unbranched alkanes of at least 4 members (excludes halogenated alkanes) is 1. The Balaban J connectivity index is 1.62. The fraction of sp³-hybridized carbons (Fsp3) is 0.857. The predicted octanol–water partition coefficient (Wildman–Crippen LogP) is 6.95. The van der Waals surface area contributed by atoms with Crippen LogP contribution in [0.3, 0.4) is 0 Å². The number of halogens is 1. The van der Waals surface area contributed by atoms with Crippen molar-refractivity contribution >= 4 is 0 Å². The minimum Gasteiger partial charge on any atom is -0.195 e. The molecule has 0 aromatic heterocycles. The van der Waals surface area contributed by atoms with Crippen molar-refractivity contribution in [3.63, 3.8) is 0 Å².